The first-order chi connectivity index (χ1) is 14.1. The zero-order valence-electron chi connectivity index (χ0n) is 17.2. The first-order valence-corrected chi connectivity index (χ1v) is 10.1. The number of aryl methyl sites for hydroxylation is 1. The molecule has 0 radical (unpaired) electrons. The van der Waals surface area contributed by atoms with Crippen molar-refractivity contribution in [2.24, 2.45) is 4.99 Å². The van der Waals surface area contributed by atoms with Gasteiger partial charge in [-0.05, 0) is 49.6 Å². The van der Waals surface area contributed by atoms with Crippen LogP contribution in [0.3, 0.4) is 0 Å². The summed E-state index contributed by atoms with van der Waals surface area (Å²) in [7, 11) is 1.75. The average Bonchev–Trinajstić information content (AvgIpc) is 2.75. The molecule has 6 heteroatoms. The zero-order valence-corrected chi connectivity index (χ0v) is 17.2. The monoisotopic (exact) mass is 399 g/mol. The number of ether oxygens (including phenoxy) is 2. The average molecular weight is 400 g/mol. The van der Waals surface area contributed by atoms with Crippen LogP contribution in [0.1, 0.15) is 24.0 Å². The molecule has 2 aromatic rings. The van der Waals surface area contributed by atoms with E-state index in [0.29, 0.717) is 32.9 Å². The van der Waals surface area contributed by atoms with Crippen LogP contribution in [0.4, 0.5) is 4.39 Å². The first kappa shape index (κ1) is 21.1. The number of halogens is 1. The van der Waals surface area contributed by atoms with Crippen molar-refractivity contribution in [1.82, 2.24) is 10.6 Å². The van der Waals surface area contributed by atoms with E-state index in [9.17, 15) is 4.39 Å². The molecule has 0 atom stereocenters. The second-order valence-electron chi connectivity index (χ2n) is 7.41. The highest BCUT2D eigenvalue weighted by molar-refractivity contribution is 5.79. The quantitative estimate of drug-likeness (QED) is 0.426. The Kier molecular flexibility index (Phi) is 7.47. The Morgan fingerprint density at radius 1 is 1.07 bits per heavy atom. The maximum atomic E-state index is 13.4. The lowest BCUT2D eigenvalue weighted by Gasteiger charge is -2.38. The molecule has 0 aromatic heterocycles. The maximum Gasteiger partial charge on any atom is 0.191 e. The van der Waals surface area contributed by atoms with Gasteiger partial charge in [-0.15, -0.1) is 0 Å². The third kappa shape index (κ3) is 5.94. The van der Waals surface area contributed by atoms with Crippen LogP contribution in [0.2, 0.25) is 0 Å². The van der Waals surface area contributed by atoms with Crippen molar-refractivity contribution in [3.8, 4) is 5.75 Å². The summed E-state index contributed by atoms with van der Waals surface area (Å²) in [5.74, 6) is 1.37. The summed E-state index contributed by atoms with van der Waals surface area (Å²) >= 11 is 0. The molecule has 3 rings (SSSR count). The number of hydrogen-bond donors (Lipinski definition) is 2. The van der Waals surface area contributed by atoms with Gasteiger partial charge in [0.1, 0.15) is 18.2 Å². The smallest absolute Gasteiger partial charge is 0.191 e. The molecule has 0 aliphatic carbocycles. The lowest BCUT2D eigenvalue weighted by Crippen LogP contribution is -2.48. The summed E-state index contributed by atoms with van der Waals surface area (Å²) in [6.07, 6.45) is 1.78. The van der Waals surface area contributed by atoms with E-state index in [1.165, 1.54) is 17.7 Å². The number of benzene rings is 2. The number of guanidine groups is 1. The molecule has 156 valence electrons. The highest BCUT2D eigenvalue weighted by Crippen LogP contribution is 2.34. The third-order valence-electron chi connectivity index (χ3n) is 5.41. The topological polar surface area (TPSA) is 54.9 Å². The minimum Gasteiger partial charge on any atom is -0.492 e. The van der Waals surface area contributed by atoms with Crippen LogP contribution in [0, 0.1) is 12.7 Å². The van der Waals surface area contributed by atoms with Gasteiger partial charge in [0.05, 0.1) is 6.54 Å². The minimum atomic E-state index is -0.213. The Labute approximate surface area is 172 Å². The van der Waals surface area contributed by atoms with Gasteiger partial charge in [-0.3, -0.25) is 4.99 Å². The van der Waals surface area contributed by atoms with Crippen molar-refractivity contribution in [1.29, 1.82) is 0 Å². The lowest BCUT2D eigenvalue weighted by molar-refractivity contribution is 0.0513. The van der Waals surface area contributed by atoms with Crippen molar-refractivity contribution >= 4 is 5.96 Å². The first-order valence-electron chi connectivity index (χ1n) is 10.1. The van der Waals surface area contributed by atoms with E-state index in [0.717, 1.165) is 30.1 Å². The van der Waals surface area contributed by atoms with E-state index >= 15 is 0 Å². The third-order valence-corrected chi connectivity index (χ3v) is 5.41. The molecular formula is C23H30FN3O2. The van der Waals surface area contributed by atoms with Crippen molar-refractivity contribution in [3.63, 3.8) is 0 Å². The summed E-state index contributed by atoms with van der Waals surface area (Å²) in [6, 6.07) is 14.8. The molecule has 0 bridgehead atoms. The van der Waals surface area contributed by atoms with E-state index in [2.05, 4.69) is 22.5 Å². The molecule has 0 amide bonds. The highest BCUT2D eigenvalue weighted by Gasteiger charge is 2.34. The van der Waals surface area contributed by atoms with Crippen molar-refractivity contribution in [2.75, 3.05) is 40.0 Å². The van der Waals surface area contributed by atoms with Gasteiger partial charge < -0.3 is 20.1 Å². The minimum absolute atomic E-state index is 0.0953. The predicted molar refractivity (Wildman–Crippen MR) is 114 cm³/mol. The summed E-state index contributed by atoms with van der Waals surface area (Å²) in [5.41, 5.74) is 2.25. The van der Waals surface area contributed by atoms with Gasteiger partial charge in [-0.1, -0.05) is 29.8 Å². The molecule has 1 saturated heterocycles. The molecule has 1 heterocycles. The standard InChI is InChI=1S/C23H30FN3O2/c1-18-3-9-21(10-4-18)29-16-13-26-22(25-2)27-17-23(11-14-28-15-12-23)19-5-7-20(24)8-6-19/h3-10H,11-17H2,1-2H3,(H2,25,26,27). The van der Waals surface area contributed by atoms with Crippen LogP contribution < -0.4 is 15.4 Å². The predicted octanol–water partition coefficient (Wildman–Crippen LogP) is 3.43. The number of hydrogen-bond acceptors (Lipinski definition) is 3. The molecule has 2 aromatic carbocycles. The highest BCUT2D eigenvalue weighted by atomic mass is 19.1. The van der Waals surface area contributed by atoms with Crippen molar-refractivity contribution in [2.45, 2.75) is 25.2 Å². The van der Waals surface area contributed by atoms with Gasteiger partial charge in [0.2, 0.25) is 0 Å². The fourth-order valence-corrected chi connectivity index (χ4v) is 3.58. The van der Waals surface area contributed by atoms with Crippen molar-refractivity contribution < 1.29 is 13.9 Å². The van der Waals surface area contributed by atoms with Gasteiger partial charge in [-0.25, -0.2) is 4.39 Å². The fraction of sp³-hybridized carbons (Fsp3) is 0.435. The molecule has 1 aliphatic heterocycles. The molecule has 1 fully saturated rings. The summed E-state index contributed by atoms with van der Waals surface area (Å²) in [4.78, 5) is 4.32. The zero-order chi connectivity index (χ0) is 20.5. The number of nitrogens with one attached hydrogen (secondary N) is 2. The van der Waals surface area contributed by atoms with E-state index in [1.807, 2.05) is 36.4 Å². The van der Waals surface area contributed by atoms with Crippen LogP contribution >= 0.6 is 0 Å². The number of aliphatic imine (C=N–C) groups is 1. The van der Waals surface area contributed by atoms with E-state index in [4.69, 9.17) is 9.47 Å². The van der Waals surface area contributed by atoms with Crippen LogP contribution in [-0.2, 0) is 10.2 Å². The lowest BCUT2D eigenvalue weighted by atomic mass is 9.74. The molecule has 2 N–H and O–H groups in total. The number of nitrogens with zero attached hydrogens (tertiary/aromatic N) is 1. The number of rotatable bonds is 7. The second-order valence-corrected chi connectivity index (χ2v) is 7.41. The SMILES string of the molecule is CN=C(NCCOc1ccc(C)cc1)NCC1(c2ccc(F)cc2)CCOCC1. The summed E-state index contributed by atoms with van der Waals surface area (Å²) in [5, 5.41) is 6.72. The van der Waals surface area contributed by atoms with Gasteiger partial charge in [0.15, 0.2) is 5.96 Å². The molecule has 5 nitrogen and oxygen atoms in total. The summed E-state index contributed by atoms with van der Waals surface area (Å²) in [6.45, 7) is 5.35. The summed E-state index contributed by atoms with van der Waals surface area (Å²) < 4.78 is 24.7. The van der Waals surface area contributed by atoms with Crippen LogP contribution in [0.15, 0.2) is 53.5 Å². The van der Waals surface area contributed by atoms with Gasteiger partial charge in [-0.2, -0.15) is 0 Å². The van der Waals surface area contributed by atoms with Gasteiger partial charge >= 0.3 is 0 Å². The van der Waals surface area contributed by atoms with Gasteiger partial charge in [0, 0.05) is 32.2 Å². The molecule has 0 unspecified atom stereocenters. The molecule has 1 aliphatic rings. The van der Waals surface area contributed by atoms with Crippen LogP contribution in [0.5, 0.6) is 5.75 Å². The van der Waals surface area contributed by atoms with E-state index < -0.39 is 0 Å². The molecule has 29 heavy (non-hydrogen) atoms. The van der Waals surface area contributed by atoms with E-state index in [1.54, 1.807) is 7.05 Å². The Morgan fingerprint density at radius 2 is 1.76 bits per heavy atom. The second kappa shape index (κ2) is 10.3. The van der Waals surface area contributed by atoms with Crippen LogP contribution in [-0.4, -0.2) is 45.9 Å². The van der Waals surface area contributed by atoms with Crippen molar-refractivity contribution in [3.05, 3.63) is 65.5 Å². The fourth-order valence-electron chi connectivity index (χ4n) is 3.58. The maximum absolute atomic E-state index is 13.4. The normalized spacial score (nSPS) is 16.3. The molecule has 0 saturated carbocycles. The van der Waals surface area contributed by atoms with Gasteiger partial charge in [0.25, 0.3) is 0 Å². The van der Waals surface area contributed by atoms with E-state index in [-0.39, 0.29) is 11.2 Å². The largest absolute Gasteiger partial charge is 0.492 e. The molecular weight excluding hydrogens is 369 g/mol. The Morgan fingerprint density at radius 3 is 2.41 bits per heavy atom. The Bertz CT molecular complexity index is 785. The Balaban J connectivity index is 1.52. The van der Waals surface area contributed by atoms with Crippen LogP contribution in [0.25, 0.3) is 0 Å². The Hall–Kier alpha value is -2.60. The molecule has 0 spiro atoms.